The van der Waals surface area contributed by atoms with Crippen LogP contribution in [0.4, 0.5) is 0 Å². The highest BCUT2D eigenvalue weighted by molar-refractivity contribution is 7.87. The lowest BCUT2D eigenvalue weighted by molar-refractivity contribution is 0.565. The van der Waals surface area contributed by atoms with E-state index in [2.05, 4.69) is 9.44 Å². The van der Waals surface area contributed by atoms with Gasteiger partial charge in [-0.2, -0.15) is 13.1 Å². The zero-order valence-corrected chi connectivity index (χ0v) is 10.8. The fourth-order valence-corrected chi connectivity index (χ4v) is 2.26. The summed E-state index contributed by atoms with van der Waals surface area (Å²) < 4.78 is 27.9. The van der Waals surface area contributed by atoms with E-state index in [1.807, 2.05) is 31.2 Å². The van der Waals surface area contributed by atoms with Crippen LogP contribution in [0.15, 0.2) is 24.3 Å². The van der Waals surface area contributed by atoms with Gasteiger partial charge in [0, 0.05) is 19.6 Å². The lowest BCUT2D eigenvalue weighted by Gasteiger charge is -2.08. The molecule has 0 spiro atoms. The molecule has 17 heavy (non-hydrogen) atoms. The third kappa shape index (κ3) is 5.27. The van der Waals surface area contributed by atoms with Crippen LogP contribution in [0.1, 0.15) is 24.5 Å². The summed E-state index contributed by atoms with van der Waals surface area (Å²) in [6, 6.07) is 7.53. The maximum absolute atomic E-state index is 11.5. The Bertz CT molecular complexity index is 446. The molecule has 5 nitrogen and oxygen atoms in total. The van der Waals surface area contributed by atoms with Crippen LogP contribution in [0, 0.1) is 0 Å². The molecule has 0 aliphatic heterocycles. The van der Waals surface area contributed by atoms with E-state index in [9.17, 15) is 8.42 Å². The summed E-state index contributed by atoms with van der Waals surface area (Å²) in [5, 5.41) is 0. The first kappa shape index (κ1) is 14.1. The highest BCUT2D eigenvalue weighted by Gasteiger charge is 2.07. The monoisotopic (exact) mass is 257 g/mol. The van der Waals surface area contributed by atoms with Gasteiger partial charge in [-0.1, -0.05) is 31.2 Å². The highest BCUT2D eigenvalue weighted by Crippen LogP contribution is 2.04. The second kappa shape index (κ2) is 6.70. The zero-order valence-electron chi connectivity index (χ0n) is 9.94. The molecule has 0 heterocycles. The van der Waals surface area contributed by atoms with Gasteiger partial charge >= 0.3 is 0 Å². The highest BCUT2D eigenvalue weighted by atomic mass is 32.2. The molecule has 0 saturated carbocycles. The van der Waals surface area contributed by atoms with Gasteiger partial charge in [0.25, 0.3) is 10.2 Å². The molecule has 1 aromatic rings. The Labute approximate surface area is 103 Å². The number of nitrogens with two attached hydrogens (primary N) is 1. The number of nitrogens with one attached hydrogen (secondary N) is 2. The number of benzene rings is 1. The van der Waals surface area contributed by atoms with Crippen molar-refractivity contribution in [1.82, 2.24) is 9.44 Å². The molecule has 4 N–H and O–H groups in total. The van der Waals surface area contributed by atoms with Crippen molar-refractivity contribution in [2.45, 2.75) is 26.4 Å². The average molecular weight is 257 g/mol. The van der Waals surface area contributed by atoms with E-state index in [4.69, 9.17) is 5.73 Å². The van der Waals surface area contributed by atoms with E-state index >= 15 is 0 Å². The van der Waals surface area contributed by atoms with Crippen molar-refractivity contribution in [1.29, 1.82) is 0 Å². The second-order valence-corrected chi connectivity index (χ2v) is 5.33. The van der Waals surface area contributed by atoms with Crippen LogP contribution >= 0.6 is 0 Å². The van der Waals surface area contributed by atoms with Crippen LogP contribution in [0.25, 0.3) is 0 Å². The Kier molecular flexibility index (Phi) is 5.57. The summed E-state index contributed by atoms with van der Waals surface area (Å²) in [6.07, 6.45) is 0.767. The average Bonchev–Trinajstić information content (AvgIpc) is 2.34. The van der Waals surface area contributed by atoms with Gasteiger partial charge in [0.2, 0.25) is 0 Å². The molecule has 0 fully saturated rings. The van der Waals surface area contributed by atoms with Crippen molar-refractivity contribution in [3.63, 3.8) is 0 Å². The summed E-state index contributed by atoms with van der Waals surface area (Å²) in [4.78, 5) is 0. The third-order valence-corrected chi connectivity index (χ3v) is 3.34. The predicted octanol–water partition coefficient (Wildman–Crippen LogP) is 0.479. The zero-order chi connectivity index (χ0) is 12.7. The minimum Gasteiger partial charge on any atom is -0.326 e. The van der Waals surface area contributed by atoms with E-state index in [-0.39, 0.29) is 6.54 Å². The molecule has 0 bridgehead atoms. The van der Waals surface area contributed by atoms with Crippen LogP contribution in [-0.2, 0) is 23.3 Å². The Morgan fingerprint density at radius 1 is 1.24 bits per heavy atom. The van der Waals surface area contributed by atoms with Gasteiger partial charge in [0.1, 0.15) is 0 Å². The minimum atomic E-state index is -3.39. The van der Waals surface area contributed by atoms with Crippen LogP contribution in [0.3, 0.4) is 0 Å². The van der Waals surface area contributed by atoms with Gasteiger partial charge in [0.15, 0.2) is 0 Å². The largest absolute Gasteiger partial charge is 0.326 e. The first-order valence-corrected chi connectivity index (χ1v) is 7.08. The normalized spacial score (nSPS) is 11.6. The summed E-state index contributed by atoms with van der Waals surface area (Å²) in [6.45, 7) is 3.08. The SMILES string of the molecule is CCCNS(=O)(=O)NCc1cccc(CN)c1. The standard InChI is InChI=1S/C11H19N3O2S/c1-2-6-13-17(15,16)14-9-11-5-3-4-10(7-11)8-12/h3-5,7,13-14H,2,6,8-9,12H2,1H3. The van der Waals surface area contributed by atoms with Gasteiger partial charge < -0.3 is 5.73 Å². The van der Waals surface area contributed by atoms with Crippen LogP contribution in [0.5, 0.6) is 0 Å². The third-order valence-electron chi connectivity index (χ3n) is 2.24. The van der Waals surface area contributed by atoms with Crippen molar-refractivity contribution in [2.24, 2.45) is 5.73 Å². The van der Waals surface area contributed by atoms with Crippen LogP contribution in [0.2, 0.25) is 0 Å². The molecule has 6 heteroatoms. The first-order valence-electron chi connectivity index (χ1n) is 5.59. The molecule has 0 amide bonds. The van der Waals surface area contributed by atoms with Crippen molar-refractivity contribution < 1.29 is 8.42 Å². The van der Waals surface area contributed by atoms with Crippen LogP contribution < -0.4 is 15.2 Å². The molecule has 0 saturated heterocycles. The maximum atomic E-state index is 11.5. The van der Waals surface area contributed by atoms with E-state index in [1.165, 1.54) is 0 Å². The first-order chi connectivity index (χ1) is 8.07. The van der Waals surface area contributed by atoms with E-state index in [0.29, 0.717) is 13.1 Å². The van der Waals surface area contributed by atoms with Gasteiger partial charge in [0.05, 0.1) is 0 Å². The molecular weight excluding hydrogens is 238 g/mol. The van der Waals surface area contributed by atoms with Gasteiger partial charge in [-0.15, -0.1) is 0 Å². The van der Waals surface area contributed by atoms with Crippen LogP contribution in [-0.4, -0.2) is 15.0 Å². The van der Waals surface area contributed by atoms with E-state index in [0.717, 1.165) is 17.5 Å². The summed E-state index contributed by atoms with van der Waals surface area (Å²) in [5.41, 5.74) is 7.40. The summed E-state index contributed by atoms with van der Waals surface area (Å²) in [7, 11) is -3.39. The lowest BCUT2D eigenvalue weighted by atomic mass is 10.1. The molecule has 0 unspecified atom stereocenters. The number of hydrogen-bond donors (Lipinski definition) is 3. The predicted molar refractivity (Wildman–Crippen MR) is 68.4 cm³/mol. The van der Waals surface area contributed by atoms with Crippen molar-refractivity contribution >= 4 is 10.2 Å². The fourth-order valence-electron chi connectivity index (χ4n) is 1.33. The molecule has 0 aromatic heterocycles. The van der Waals surface area contributed by atoms with Gasteiger partial charge in [-0.05, 0) is 17.5 Å². The fraction of sp³-hybridized carbons (Fsp3) is 0.455. The molecular formula is C11H19N3O2S. The van der Waals surface area contributed by atoms with E-state index < -0.39 is 10.2 Å². The van der Waals surface area contributed by atoms with Crippen molar-refractivity contribution in [3.8, 4) is 0 Å². The molecule has 0 aliphatic carbocycles. The molecule has 0 radical (unpaired) electrons. The molecule has 0 atom stereocenters. The minimum absolute atomic E-state index is 0.271. The van der Waals surface area contributed by atoms with Crippen molar-refractivity contribution in [3.05, 3.63) is 35.4 Å². The Morgan fingerprint density at radius 2 is 1.94 bits per heavy atom. The number of hydrogen-bond acceptors (Lipinski definition) is 3. The summed E-state index contributed by atoms with van der Waals surface area (Å²) >= 11 is 0. The molecule has 1 rings (SSSR count). The molecule has 96 valence electrons. The second-order valence-electron chi connectivity index (χ2n) is 3.74. The maximum Gasteiger partial charge on any atom is 0.277 e. The smallest absolute Gasteiger partial charge is 0.277 e. The molecule has 0 aliphatic rings. The Balaban J connectivity index is 2.54. The van der Waals surface area contributed by atoms with Gasteiger partial charge in [-0.25, -0.2) is 4.72 Å². The van der Waals surface area contributed by atoms with E-state index in [1.54, 1.807) is 0 Å². The quantitative estimate of drug-likeness (QED) is 0.664. The molecule has 1 aromatic carbocycles. The van der Waals surface area contributed by atoms with Crippen molar-refractivity contribution in [2.75, 3.05) is 6.54 Å². The lowest BCUT2D eigenvalue weighted by Crippen LogP contribution is -2.36. The summed E-state index contributed by atoms with van der Waals surface area (Å²) in [5.74, 6) is 0. The Hall–Kier alpha value is -0.950. The van der Waals surface area contributed by atoms with Gasteiger partial charge in [-0.3, -0.25) is 0 Å². The topological polar surface area (TPSA) is 84.2 Å². The Morgan fingerprint density at radius 3 is 2.59 bits per heavy atom. The number of rotatable bonds is 7.